The lowest BCUT2D eigenvalue weighted by molar-refractivity contribution is -0.118. The van der Waals surface area contributed by atoms with E-state index in [2.05, 4.69) is 21.6 Å². The molecule has 2 N–H and O–H groups in total. The van der Waals surface area contributed by atoms with E-state index in [0.29, 0.717) is 6.54 Å². The molecule has 1 amide bonds. The molecular formula is C20H26ClN3O2S. The highest BCUT2D eigenvalue weighted by molar-refractivity contribution is 7.98. The second kappa shape index (κ2) is 10.6. The highest BCUT2D eigenvalue weighted by atomic mass is 35.5. The molecule has 1 aliphatic rings. The van der Waals surface area contributed by atoms with Crippen LogP contribution in [0, 0.1) is 0 Å². The van der Waals surface area contributed by atoms with Gasteiger partial charge in [-0.3, -0.25) is 9.69 Å². The summed E-state index contributed by atoms with van der Waals surface area (Å²) in [6.07, 6.45) is 2.04. The Balaban J connectivity index is 0.00000261. The lowest BCUT2D eigenvalue weighted by Crippen LogP contribution is -2.48. The van der Waals surface area contributed by atoms with Crippen molar-refractivity contribution in [3.63, 3.8) is 0 Å². The number of nitrogens with zero attached hydrogens (tertiary/aromatic N) is 1. The molecule has 1 saturated heterocycles. The molecule has 7 heteroatoms. The number of benzene rings is 2. The van der Waals surface area contributed by atoms with Crippen LogP contribution in [0.4, 0.5) is 5.69 Å². The summed E-state index contributed by atoms with van der Waals surface area (Å²) in [5, 5.41) is 6.42. The van der Waals surface area contributed by atoms with E-state index in [0.717, 1.165) is 36.6 Å². The number of carbonyl (C=O) groups is 1. The van der Waals surface area contributed by atoms with Crippen LogP contribution in [-0.2, 0) is 4.79 Å². The molecule has 0 radical (unpaired) electrons. The summed E-state index contributed by atoms with van der Waals surface area (Å²) >= 11 is 1.69. The van der Waals surface area contributed by atoms with E-state index >= 15 is 0 Å². The number of para-hydroxylation sites is 1. The first-order chi connectivity index (χ1) is 12.7. The molecule has 2 aromatic rings. The Morgan fingerprint density at radius 2 is 2.00 bits per heavy atom. The molecule has 1 aliphatic heterocycles. The molecule has 0 saturated carbocycles. The first-order valence-electron chi connectivity index (χ1n) is 8.73. The molecule has 2 aromatic carbocycles. The SMILES string of the molecule is COc1ccccc1C1CNCCN1CC(=O)Nc1ccc(SC)cc1.Cl. The van der Waals surface area contributed by atoms with Gasteiger partial charge in [0, 0.05) is 35.8 Å². The number of anilines is 1. The summed E-state index contributed by atoms with van der Waals surface area (Å²) in [5.74, 6) is 0.864. The molecule has 1 atom stereocenters. The van der Waals surface area contributed by atoms with Crippen molar-refractivity contribution < 1.29 is 9.53 Å². The van der Waals surface area contributed by atoms with Crippen molar-refractivity contribution in [2.75, 3.05) is 44.9 Å². The number of amides is 1. The Kier molecular flexibility index (Phi) is 8.44. The molecule has 0 spiro atoms. The standard InChI is InChI=1S/C20H25N3O2S.ClH/c1-25-19-6-4-3-5-17(19)18-13-21-11-12-23(18)14-20(24)22-15-7-9-16(26-2)10-8-15;/h3-10,18,21H,11-14H2,1-2H3,(H,22,24);1H. The fourth-order valence-corrected chi connectivity index (χ4v) is 3.65. The van der Waals surface area contributed by atoms with Crippen LogP contribution in [0.3, 0.4) is 0 Å². The summed E-state index contributed by atoms with van der Waals surface area (Å²) in [4.78, 5) is 15.9. The predicted molar refractivity (Wildman–Crippen MR) is 114 cm³/mol. The number of thioether (sulfide) groups is 1. The van der Waals surface area contributed by atoms with Crippen molar-refractivity contribution >= 4 is 35.8 Å². The quantitative estimate of drug-likeness (QED) is 0.718. The van der Waals surface area contributed by atoms with Gasteiger partial charge in [0.2, 0.25) is 5.91 Å². The molecule has 1 unspecified atom stereocenters. The van der Waals surface area contributed by atoms with Gasteiger partial charge in [-0.25, -0.2) is 0 Å². The summed E-state index contributed by atoms with van der Waals surface area (Å²) in [6, 6.07) is 16.1. The normalized spacial score (nSPS) is 17.0. The number of hydrogen-bond donors (Lipinski definition) is 2. The fraction of sp³-hybridized carbons (Fsp3) is 0.350. The van der Waals surface area contributed by atoms with Gasteiger partial charge in [-0.05, 0) is 36.6 Å². The van der Waals surface area contributed by atoms with Crippen LogP contribution in [0.25, 0.3) is 0 Å². The predicted octanol–water partition coefficient (Wildman–Crippen LogP) is 3.42. The van der Waals surface area contributed by atoms with Gasteiger partial charge in [0.15, 0.2) is 0 Å². The number of methoxy groups -OCH3 is 1. The highest BCUT2D eigenvalue weighted by Crippen LogP contribution is 2.30. The third-order valence-corrected chi connectivity index (χ3v) is 5.32. The summed E-state index contributed by atoms with van der Waals surface area (Å²) < 4.78 is 5.51. The maximum Gasteiger partial charge on any atom is 0.238 e. The van der Waals surface area contributed by atoms with Crippen molar-refractivity contribution in [1.29, 1.82) is 0 Å². The molecule has 3 rings (SSSR count). The molecule has 1 fully saturated rings. The molecule has 1 heterocycles. The average Bonchev–Trinajstić information content (AvgIpc) is 2.69. The number of rotatable bonds is 6. The second-order valence-corrected chi connectivity index (χ2v) is 7.09. The largest absolute Gasteiger partial charge is 0.496 e. The van der Waals surface area contributed by atoms with E-state index in [-0.39, 0.29) is 24.4 Å². The number of piperazine rings is 1. The van der Waals surface area contributed by atoms with Crippen molar-refractivity contribution in [2.45, 2.75) is 10.9 Å². The summed E-state index contributed by atoms with van der Waals surface area (Å²) in [6.45, 7) is 2.85. The molecule has 0 aliphatic carbocycles. The van der Waals surface area contributed by atoms with Crippen LogP contribution in [0.15, 0.2) is 53.4 Å². The van der Waals surface area contributed by atoms with Gasteiger partial charge in [-0.2, -0.15) is 0 Å². The number of halogens is 1. The Morgan fingerprint density at radius 3 is 2.70 bits per heavy atom. The first kappa shape index (κ1) is 21.6. The molecule has 0 bridgehead atoms. The molecule has 5 nitrogen and oxygen atoms in total. The van der Waals surface area contributed by atoms with Gasteiger partial charge in [0.05, 0.1) is 19.7 Å². The lowest BCUT2D eigenvalue weighted by Gasteiger charge is -2.36. The van der Waals surface area contributed by atoms with Crippen LogP contribution in [-0.4, -0.2) is 50.4 Å². The maximum atomic E-state index is 12.6. The summed E-state index contributed by atoms with van der Waals surface area (Å²) in [7, 11) is 1.68. The number of hydrogen-bond acceptors (Lipinski definition) is 5. The van der Waals surface area contributed by atoms with Crippen molar-refractivity contribution in [2.24, 2.45) is 0 Å². The third-order valence-electron chi connectivity index (χ3n) is 4.57. The monoisotopic (exact) mass is 407 g/mol. The van der Waals surface area contributed by atoms with Crippen molar-refractivity contribution in [1.82, 2.24) is 10.2 Å². The number of carbonyl (C=O) groups excluding carboxylic acids is 1. The zero-order chi connectivity index (χ0) is 18.4. The van der Waals surface area contributed by atoms with Crippen molar-refractivity contribution in [3.05, 3.63) is 54.1 Å². The Labute approximate surface area is 171 Å². The minimum Gasteiger partial charge on any atom is -0.496 e. The van der Waals surface area contributed by atoms with Crippen LogP contribution in [0.5, 0.6) is 5.75 Å². The van der Waals surface area contributed by atoms with E-state index in [1.54, 1.807) is 18.9 Å². The van der Waals surface area contributed by atoms with Crippen molar-refractivity contribution in [3.8, 4) is 5.75 Å². The summed E-state index contributed by atoms with van der Waals surface area (Å²) in [5.41, 5.74) is 1.94. The topological polar surface area (TPSA) is 53.6 Å². The van der Waals surface area contributed by atoms with E-state index < -0.39 is 0 Å². The zero-order valence-corrected chi connectivity index (χ0v) is 17.2. The van der Waals surface area contributed by atoms with Crippen LogP contribution >= 0.6 is 24.2 Å². The highest BCUT2D eigenvalue weighted by Gasteiger charge is 2.27. The Bertz CT molecular complexity index is 742. The second-order valence-electron chi connectivity index (χ2n) is 6.21. The Hall–Kier alpha value is -1.73. The first-order valence-corrected chi connectivity index (χ1v) is 9.95. The van der Waals surface area contributed by atoms with E-state index in [1.165, 1.54) is 4.90 Å². The molecule has 0 aromatic heterocycles. The third kappa shape index (κ3) is 5.62. The van der Waals surface area contributed by atoms with Crippen LogP contribution < -0.4 is 15.4 Å². The molecular weight excluding hydrogens is 382 g/mol. The van der Waals surface area contributed by atoms with Gasteiger partial charge in [-0.1, -0.05) is 18.2 Å². The van der Waals surface area contributed by atoms with Gasteiger partial charge in [-0.15, -0.1) is 24.2 Å². The smallest absolute Gasteiger partial charge is 0.238 e. The molecule has 146 valence electrons. The van der Waals surface area contributed by atoms with Crippen LogP contribution in [0.2, 0.25) is 0 Å². The average molecular weight is 408 g/mol. The van der Waals surface area contributed by atoms with Gasteiger partial charge < -0.3 is 15.4 Å². The lowest BCUT2D eigenvalue weighted by atomic mass is 10.0. The van der Waals surface area contributed by atoms with Crippen LogP contribution in [0.1, 0.15) is 11.6 Å². The van der Waals surface area contributed by atoms with Gasteiger partial charge in [0.1, 0.15) is 5.75 Å². The molecule has 27 heavy (non-hydrogen) atoms. The van der Waals surface area contributed by atoms with Gasteiger partial charge >= 0.3 is 0 Å². The van der Waals surface area contributed by atoms with E-state index in [4.69, 9.17) is 4.74 Å². The Morgan fingerprint density at radius 1 is 1.26 bits per heavy atom. The van der Waals surface area contributed by atoms with E-state index in [9.17, 15) is 4.79 Å². The fourth-order valence-electron chi connectivity index (χ4n) is 3.24. The minimum atomic E-state index is 0. The van der Waals surface area contributed by atoms with E-state index in [1.807, 2.05) is 48.7 Å². The number of nitrogens with one attached hydrogen (secondary N) is 2. The van der Waals surface area contributed by atoms with Gasteiger partial charge in [0.25, 0.3) is 0 Å². The zero-order valence-electron chi connectivity index (χ0n) is 15.6. The minimum absolute atomic E-state index is 0. The number of ether oxygens (including phenoxy) is 1. The maximum absolute atomic E-state index is 12.6.